The largest absolute Gasteiger partial charge is 0.444 e. The molecular formula is C16H21N3O2. The summed E-state index contributed by atoms with van der Waals surface area (Å²) in [6.45, 7) is 6.91. The van der Waals surface area contributed by atoms with Crippen molar-refractivity contribution in [2.75, 3.05) is 13.1 Å². The van der Waals surface area contributed by atoms with Gasteiger partial charge in [-0.3, -0.25) is 4.98 Å². The number of piperidine rings is 1. The number of ether oxygens (including phenoxy) is 1. The van der Waals surface area contributed by atoms with Crippen LogP contribution in [-0.4, -0.2) is 34.7 Å². The lowest BCUT2D eigenvalue weighted by atomic mass is 9.88. The van der Waals surface area contributed by atoms with Crippen LogP contribution in [0.15, 0.2) is 18.5 Å². The number of hydrogen-bond acceptors (Lipinski definition) is 4. The molecule has 0 radical (unpaired) electrons. The van der Waals surface area contributed by atoms with Gasteiger partial charge in [-0.25, -0.2) is 4.79 Å². The molecule has 1 fully saturated rings. The molecule has 0 unspecified atom stereocenters. The summed E-state index contributed by atoms with van der Waals surface area (Å²) >= 11 is 0. The Labute approximate surface area is 125 Å². The van der Waals surface area contributed by atoms with Gasteiger partial charge < -0.3 is 9.64 Å². The van der Waals surface area contributed by atoms with Crippen molar-refractivity contribution >= 4 is 6.09 Å². The normalized spacial score (nSPS) is 16.4. The number of nitriles is 1. The number of likely N-dealkylation sites (tertiary alicyclic amines) is 1. The van der Waals surface area contributed by atoms with Crippen molar-refractivity contribution in [1.29, 1.82) is 5.26 Å². The standard InChI is InChI=1S/C16H21N3O2/c1-16(2,3)21-15(20)19-8-5-12(6-9-19)14-11-18-7-4-13(14)10-17/h4,7,11-12H,5-6,8-9H2,1-3H3. The number of amides is 1. The lowest BCUT2D eigenvalue weighted by Gasteiger charge is -2.33. The summed E-state index contributed by atoms with van der Waals surface area (Å²) in [6, 6.07) is 3.96. The molecule has 1 aliphatic rings. The SMILES string of the molecule is CC(C)(C)OC(=O)N1CCC(c2cnccc2C#N)CC1. The molecular weight excluding hydrogens is 266 g/mol. The molecule has 0 bridgehead atoms. The maximum atomic E-state index is 12.0. The van der Waals surface area contributed by atoms with Crippen molar-refractivity contribution in [3.8, 4) is 6.07 Å². The number of pyridine rings is 1. The van der Waals surface area contributed by atoms with Crippen molar-refractivity contribution in [2.24, 2.45) is 0 Å². The summed E-state index contributed by atoms with van der Waals surface area (Å²) in [4.78, 5) is 17.9. The molecule has 0 aromatic carbocycles. The summed E-state index contributed by atoms with van der Waals surface area (Å²) in [5.74, 6) is 0.284. The van der Waals surface area contributed by atoms with Crippen molar-refractivity contribution in [3.05, 3.63) is 29.6 Å². The molecule has 0 aliphatic carbocycles. The van der Waals surface area contributed by atoms with Gasteiger partial charge in [0, 0.05) is 25.5 Å². The number of nitrogens with zero attached hydrogens (tertiary/aromatic N) is 3. The van der Waals surface area contributed by atoms with Gasteiger partial charge in [0.2, 0.25) is 0 Å². The first-order chi connectivity index (χ1) is 9.90. The molecule has 21 heavy (non-hydrogen) atoms. The number of aromatic nitrogens is 1. The quantitative estimate of drug-likeness (QED) is 0.796. The Bertz CT molecular complexity index is 549. The van der Waals surface area contributed by atoms with E-state index < -0.39 is 5.60 Å². The Hall–Kier alpha value is -2.09. The third kappa shape index (κ3) is 3.94. The monoisotopic (exact) mass is 287 g/mol. The van der Waals surface area contributed by atoms with Crippen LogP contribution in [0.5, 0.6) is 0 Å². The molecule has 1 aliphatic heterocycles. The van der Waals surface area contributed by atoms with Crippen molar-refractivity contribution < 1.29 is 9.53 Å². The maximum absolute atomic E-state index is 12.0. The lowest BCUT2D eigenvalue weighted by molar-refractivity contribution is 0.0205. The minimum atomic E-state index is -0.467. The second-order valence-corrected chi connectivity index (χ2v) is 6.32. The Kier molecular flexibility index (Phi) is 4.46. The van der Waals surface area contributed by atoms with Crippen LogP contribution in [0.3, 0.4) is 0 Å². The van der Waals surface area contributed by atoms with E-state index >= 15 is 0 Å². The molecule has 2 rings (SSSR count). The van der Waals surface area contributed by atoms with Gasteiger partial charge in [0.25, 0.3) is 0 Å². The van der Waals surface area contributed by atoms with Crippen LogP contribution in [0, 0.1) is 11.3 Å². The van der Waals surface area contributed by atoms with Gasteiger partial charge in [-0.2, -0.15) is 5.26 Å². The fraction of sp³-hybridized carbons (Fsp3) is 0.562. The third-order valence-electron chi connectivity index (χ3n) is 3.56. The molecule has 0 saturated carbocycles. The highest BCUT2D eigenvalue weighted by Crippen LogP contribution is 2.30. The Morgan fingerprint density at radius 2 is 2.10 bits per heavy atom. The summed E-state index contributed by atoms with van der Waals surface area (Å²) in [6.07, 6.45) is 4.82. The zero-order valence-corrected chi connectivity index (χ0v) is 12.8. The molecule has 112 valence electrons. The number of rotatable bonds is 1. The highest BCUT2D eigenvalue weighted by Gasteiger charge is 2.28. The fourth-order valence-corrected chi connectivity index (χ4v) is 2.53. The van der Waals surface area contributed by atoms with Crippen molar-refractivity contribution in [2.45, 2.75) is 45.1 Å². The Morgan fingerprint density at radius 1 is 1.43 bits per heavy atom. The van der Waals surface area contributed by atoms with Crippen LogP contribution in [0.2, 0.25) is 0 Å². The van der Waals surface area contributed by atoms with Crippen LogP contribution in [0.25, 0.3) is 0 Å². The lowest BCUT2D eigenvalue weighted by Crippen LogP contribution is -2.41. The van der Waals surface area contributed by atoms with Gasteiger partial charge in [-0.1, -0.05) is 0 Å². The van der Waals surface area contributed by atoms with E-state index in [1.807, 2.05) is 20.8 Å². The van der Waals surface area contributed by atoms with E-state index in [1.54, 1.807) is 23.4 Å². The summed E-state index contributed by atoms with van der Waals surface area (Å²) < 4.78 is 5.39. The molecule has 0 N–H and O–H groups in total. The van der Waals surface area contributed by atoms with E-state index in [2.05, 4.69) is 11.1 Å². The molecule has 1 aromatic rings. The fourth-order valence-electron chi connectivity index (χ4n) is 2.53. The molecule has 5 nitrogen and oxygen atoms in total. The second kappa shape index (κ2) is 6.13. The van der Waals surface area contributed by atoms with Crippen LogP contribution in [-0.2, 0) is 4.74 Å². The first kappa shape index (κ1) is 15.3. The van der Waals surface area contributed by atoms with Gasteiger partial charge in [-0.15, -0.1) is 0 Å². The first-order valence-corrected chi connectivity index (χ1v) is 7.22. The van der Waals surface area contributed by atoms with Gasteiger partial charge in [0.15, 0.2) is 0 Å². The average Bonchev–Trinajstić information content (AvgIpc) is 2.45. The molecule has 0 atom stereocenters. The van der Waals surface area contributed by atoms with E-state index in [1.165, 1.54) is 0 Å². The van der Waals surface area contributed by atoms with E-state index in [0.717, 1.165) is 18.4 Å². The van der Waals surface area contributed by atoms with Crippen molar-refractivity contribution in [3.63, 3.8) is 0 Å². The molecule has 5 heteroatoms. The summed E-state index contributed by atoms with van der Waals surface area (Å²) in [7, 11) is 0. The van der Waals surface area contributed by atoms with Gasteiger partial charge in [0.1, 0.15) is 5.60 Å². The number of carbonyl (C=O) groups is 1. The van der Waals surface area contributed by atoms with Crippen LogP contribution < -0.4 is 0 Å². The number of carbonyl (C=O) groups excluding carboxylic acids is 1. The van der Waals surface area contributed by atoms with Crippen molar-refractivity contribution in [1.82, 2.24) is 9.88 Å². The van der Waals surface area contributed by atoms with Crippen LogP contribution in [0.4, 0.5) is 4.79 Å². The van der Waals surface area contributed by atoms with E-state index in [-0.39, 0.29) is 12.0 Å². The predicted octanol–water partition coefficient (Wildman–Crippen LogP) is 3.07. The molecule has 1 saturated heterocycles. The summed E-state index contributed by atoms with van der Waals surface area (Å²) in [5.41, 5.74) is 1.20. The highest BCUT2D eigenvalue weighted by atomic mass is 16.6. The Balaban J connectivity index is 1.98. The smallest absolute Gasteiger partial charge is 0.410 e. The third-order valence-corrected chi connectivity index (χ3v) is 3.56. The average molecular weight is 287 g/mol. The second-order valence-electron chi connectivity index (χ2n) is 6.32. The zero-order chi connectivity index (χ0) is 15.5. The van der Waals surface area contributed by atoms with E-state index in [9.17, 15) is 4.79 Å². The van der Waals surface area contributed by atoms with E-state index in [0.29, 0.717) is 18.7 Å². The first-order valence-electron chi connectivity index (χ1n) is 7.22. The van der Waals surface area contributed by atoms with Gasteiger partial charge in [0.05, 0.1) is 11.6 Å². The highest BCUT2D eigenvalue weighted by molar-refractivity contribution is 5.68. The van der Waals surface area contributed by atoms with Gasteiger partial charge >= 0.3 is 6.09 Å². The summed E-state index contributed by atoms with van der Waals surface area (Å²) in [5, 5.41) is 9.15. The van der Waals surface area contributed by atoms with Crippen LogP contribution >= 0.6 is 0 Å². The predicted molar refractivity (Wildman–Crippen MR) is 78.7 cm³/mol. The zero-order valence-electron chi connectivity index (χ0n) is 12.8. The molecule has 0 spiro atoms. The maximum Gasteiger partial charge on any atom is 0.410 e. The molecule has 1 amide bonds. The number of hydrogen-bond donors (Lipinski definition) is 0. The van der Waals surface area contributed by atoms with Crippen LogP contribution in [0.1, 0.15) is 50.7 Å². The van der Waals surface area contributed by atoms with E-state index in [4.69, 9.17) is 10.00 Å². The Morgan fingerprint density at radius 3 is 2.67 bits per heavy atom. The van der Waals surface area contributed by atoms with Gasteiger partial charge in [-0.05, 0) is 51.2 Å². The molecule has 1 aromatic heterocycles. The topological polar surface area (TPSA) is 66.2 Å². The molecule has 2 heterocycles. The minimum Gasteiger partial charge on any atom is -0.444 e. The minimum absolute atomic E-state index is 0.257.